The summed E-state index contributed by atoms with van der Waals surface area (Å²) in [5, 5.41) is 13.0. The van der Waals surface area contributed by atoms with Crippen LogP contribution in [-0.4, -0.2) is 21.4 Å². The number of hydrogen-bond donors (Lipinski definition) is 2. The Hall–Kier alpha value is -0.940. The Balaban J connectivity index is 2.89. The number of aromatic nitrogens is 2. The molecule has 5 nitrogen and oxygen atoms in total. The van der Waals surface area contributed by atoms with Gasteiger partial charge in [0, 0.05) is 5.41 Å². The molecule has 80 valence electrons. The molecule has 14 heavy (non-hydrogen) atoms. The van der Waals surface area contributed by atoms with Gasteiger partial charge in [-0.3, -0.25) is 0 Å². The minimum absolute atomic E-state index is 0.167. The van der Waals surface area contributed by atoms with E-state index in [4.69, 9.17) is 10.3 Å². The first kappa shape index (κ1) is 11.1. The van der Waals surface area contributed by atoms with E-state index in [1.54, 1.807) is 6.92 Å². The molecule has 0 spiro atoms. The van der Waals surface area contributed by atoms with Gasteiger partial charge in [-0.25, -0.2) is 0 Å². The summed E-state index contributed by atoms with van der Waals surface area (Å²) in [7, 11) is 0. The number of rotatable bonds is 2. The van der Waals surface area contributed by atoms with Gasteiger partial charge >= 0.3 is 0 Å². The lowest BCUT2D eigenvalue weighted by Gasteiger charge is -2.11. The van der Waals surface area contributed by atoms with E-state index in [9.17, 15) is 5.11 Å². The highest BCUT2D eigenvalue weighted by molar-refractivity contribution is 5.02. The van der Waals surface area contributed by atoms with E-state index in [0.717, 1.165) is 0 Å². The molecular weight excluding hydrogens is 182 g/mol. The van der Waals surface area contributed by atoms with Gasteiger partial charge in [-0.15, -0.1) is 0 Å². The zero-order valence-electron chi connectivity index (χ0n) is 8.98. The molecule has 1 heterocycles. The molecule has 0 amide bonds. The predicted octanol–water partition coefficient (Wildman–Crippen LogP) is 0.748. The summed E-state index contributed by atoms with van der Waals surface area (Å²) < 4.78 is 4.97. The van der Waals surface area contributed by atoms with E-state index < -0.39 is 12.1 Å². The number of hydrogen-bond acceptors (Lipinski definition) is 5. The average molecular weight is 199 g/mol. The van der Waals surface area contributed by atoms with Crippen molar-refractivity contribution in [1.29, 1.82) is 0 Å². The second-order valence-corrected chi connectivity index (χ2v) is 4.47. The molecule has 0 aromatic carbocycles. The van der Waals surface area contributed by atoms with Gasteiger partial charge in [-0.1, -0.05) is 25.9 Å². The highest BCUT2D eigenvalue weighted by Gasteiger charge is 2.24. The molecule has 1 aromatic rings. The van der Waals surface area contributed by atoms with E-state index in [1.807, 2.05) is 20.8 Å². The largest absolute Gasteiger partial charge is 0.391 e. The van der Waals surface area contributed by atoms with Gasteiger partial charge in [0.2, 0.25) is 5.89 Å². The molecule has 3 N–H and O–H groups in total. The smallest absolute Gasteiger partial charge is 0.246 e. The van der Waals surface area contributed by atoms with Crippen LogP contribution in [0, 0.1) is 0 Å². The van der Waals surface area contributed by atoms with Gasteiger partial charge in [0.1, 0.15) is 6.04 Å². The van der Waals surface area contributed by atoms with Crippen molar-refractivity contribution < 1.29 is 9.63 Å². The first-order valence-electron chi connectivity index (χ1n) is 4.60. The van der Waals surface area contributed by atoms with Crippen molar-refractivity contribution >= 4 is 0 Å². The maximum Gasteiger partial charge on any atom is 0.246 e. The van der Waals surface area contributed by atoms with Crippen molar-refractivity contribution in [1.82, 2.24) is 10.1 Å². The summed E-state index contributed by atoms with van der Waals surface area (Å²) in [4.78, 5) is 4.14. The van der Waals surface area contributed by atoms with Gasteiger partial charge in [0.15, 0.2) is 5.82 Å². The van der Waals surface area contributed by atoms with Crippen LogP contribution in [0.15, 0.2) is 4.52 Å². The van der Waals surface area contributed by atoms with Gasteiger partial charge in [0.05, 0.1) is 6.10 Å². The van der Waals surface area contributed by atoms with Crippen LogP contribution in [0.5, 0.6) is 0 Å². The van der Waals surface area contributed by atoms with Crippen molar-refractivity contribution in [2.45, 2.75) is 45.3 Å². The molecular formula is C9H17N3O2. The molecule has 0 bridgehead atoms. The molecule has 1 aromatic heterocycles. The van der Waals surface area contributed by atoms with Crippen molar-refractivity contribution in [2.75, 3.05) is 0 Å². The Morgan fingerprint density at radius 2 is 2.00 bits per heavy atom. The van der Waals surface area contributed by atoms with Crippen molar-refractivity contribution in [3.05, 3.63) is 11.7 Å². The Kier molecular flexibility index (Phi) is 2.92. The Bertz CT molecular complexity index is 301. The number of nitrogens with zero attached hydrogens (tertiary/aromatic N) is 2. The van der Waals surface area contributed by atoms with Crippen LogP contribution in [-0.2, 0) is 5.41 Å². The first-order chi connectivity index (χ1) is 6.32. The van der Waals surface area contributed by atoms with E-state index >= 15 is 0 Å². The van der Waals surface area contributed by atoms with Crippen LogP contribution in [0.25, 0.3) is 0 Å². The van der Waals surface area contributed by atoms with Gasteiger partial charge in [-0.05, 0) is 6.92 Å². The predicted molar refractivity (Wildman–Crippen MR) is 51.6 cm³/mol. The lowest BCUT2D eigenvalue weighted by molar-refractivity contribution is 0.146. The molecule has 0 aliphatic heterocycles. The van der Waals surface area contributed by atoms with Crippen LogP contribution < -0.4 is 5.73 Å². The van der Waals surface area contributed by atoms with Gasteiger partial charge in [0.25, 0.3) is 0 Å². The molecule has 0 fully saturated rings. The SMILES string of the molecule is C[C@@H](O)[C@H](N)c1nc(C(C)(C)C)no1. The highest BCUT2D eigenvalue weighted by atomic mass is 16.5. The van der Waals surface area contributed by atoms with Gasteiger partial charge < -0.3 is 15.4 Å². The first-order valence-corrected chi connectivity index (χ1v) is 4.60. The van der Waals surface area contributed by atoms with Crippen molar-refractivity contribution in [3.63, 3.8) is 0 Å². The van der Waals surface area contributed by atoms with Crippen LogP contribution in [0.4, 0.5) is 0 Å². The van der Waals surface area contributed by atoms with Crippen LogP contribution >= 0.6 is 0 Å². The zero-order valence-corrected chi connectivity index (χ0v) is 8.98. The van der Waals surface area contributed by atoms with Crippen LogP contribution in [0.1, 0.15) is 45.5 Å². The standard InChI is InChI=1S/C9H17N3O2/c1-5(13)6(10)7-11-8(12-14-7)9(2,3)4/h5-6,13H,10H2,1-4H3/t5-,6+/m1/s1. The molecule has 2 atom stereocenters. The third kappa shape index (κ3) is 2.30. The fraction of sp³-hybridized carbons (Fsp3) is 0.778. The zero-order chi connectivity index (χ0) is 10.9. The quantitative estimate of drug-likeness (QED) is 0.734. The van der Waals surface area contributed by atoms with E-state index in [2.05, 4.69) is 10.1 Å². The van der Waals surface area contributed by atoms with Gasteiger partial charge in [-0.2, -0.15) is 4.98 Å². The average Bonchev–Trinajstić information content (AvgIpc) is 2.49. The lowest BCUT2D eigenvalue weighted by atomic mass is 9.96. The van der Waals surface area contributed by atoms with Crippen LogP contribution in [0.3, 0.4) is 0 Å². The van der Waals surface area contributed by atoms with Crippen LogP contribution in [0.2, 0.25) is 0 Å². The molecule has 1 rings (SSSR count). The Morgan fingerprint density at radius 1 is 1.43 bits per heavy atom. The summed E-state index contributed by atoms with van der Waals surface area (Å²) in [5.74, 6) is 0.883. The van der Waals surface area contributed by atoms with E-state index in [-0.39, 0.29) is 11.3 Å². The Labute approximate surface area is 83.3 Å². The number of aliphatic hydroxyl groups is 1. The van der Waals surface area contributed by atoms with Crippen molar-refractivity contribution in [2.24, 2.45) is 5.73 Å². The Morgan fingerprint density at radius 3 is 2.36 bits per heavy atom. The fourth-order valence-electron chi connectivity index (χ4n) is 0.882. The summed E-state index contributed by atoms with van der Waals surface area (Å²) in [6, 6.07) is -0.612. The molecule has 0 aliphatic rings. The lowest BCUT2D eigenvalue weighted by Crippen LogP contribution is -2.24. The molecule has 0 saturated carbocycles. The maximum absolute atomic E-state index is 9.23. The second kappa shape index (κ2) is 3.67. The molecule has 0 aliphatic carbocycles. The molecule has 0 saturated heterocycles. The third-order valence-corrected chi connectivity index (χ3v) is 1.92. The monoisotopic (exact) mass is 199 g/mol. The minimum Gasteiger partial charge on any atom is -0.391 e. The third-order valence-electron chi connectivity index (χ3n) is 1.92. The summed E-state index contributed by atoms with van der Waals surface area (Å²) in [6.07, 6.45) is -0.691. The fourth-order valence-corrected chi connectivity index (χ4v) is 0.882. The summed E-state index contributed by atoms with van der Waals surface area (Å²) >= 11 is 0. The van der Waals surface area contributed by atoms with E-state index in [1.165, 1.54) is 0 Å². The number of aliphatic hydroxyl groups excluding tert-OH is 1. The topological polar surface area (TPSA) is 85.2 Å². The highest BCUT2D eigenvalue weighted by Crippen LogP contribution is 2.20. The number of nitrogens with two attached hydrogens (primary N) is 1. The molecule has 5 heteroatoms. The normalized spacial score (nSPS) is 16.7. The van der Waals surface area contributed by atoms with E-state index in [0.29, 0.717) is 5.82 Å². The summed E-state index contributed by atoms with van der Waals surface area (Å²) in [5.41, 5.74) is 5.48. The molecule has 0 radical (unpaired) electrons. The van der Waals surface area contributed by atoms with Crippen molar-refractivity contribution in [3.8, 4) is 0 Å². The molecule has 0 unspecified atom stereocenters. The maximum atomic E-state index is 9.23. The summed E-state index contributed by atoms with van der Waals surface area (Å²) in [6.45, 7) is 7.53. The minimum atomic E-state index is -0.691. The second-order valence-electron chi connectivity index (χ2n) is 4.47.